The van der Waals surface area contributed by atoms with Gasteiger partial charge in [-0.15, -0.1) is 11.3 Å². The second kappa shape index (κ2) is 7.34. The first kappa shape index (κ1) is 18.2. The Hall–Kier alpha value is -2.59. The van der Waals surface area contributed by atoms with Crippen molar-refractivity contribution in [2.24, 2.45) is 0 Å². The smallest absolute Gasteiger partial charge is 0.324 e. The third-order valence-electron chi connectivity index (χ3n) is 3.93. The van der Waals surface area contributed by atoms with Gasteiger partial charge in [-0.3, -0.25) is 24.3 Å². The SMILES string of the molecule is Cc1sc2ncn(CCC(=O)OCc3csc([N+](=O)[O-])c3)c(=O)c2c1C. The van der Waals surface area contributed by atoms with Crippen molar-refractivity contribution in [2.75, 3.05) is 0 Å². The Kier molecular flexibility index (Phi) is 5.14. The molecule has 136 valence electrons. The second-order valence-corrected chi connectivity index (χ2v) is 7.76. The third-order valence-corrected chi connectivity index (χ3v) is 5.98. The molecule has 10 heteroatoms. The van der Waals surface area contributed by atoms with E-state index in [0.717, 1.165) is 21.8 Å². The van der Waals surface area contributed by atoms with Gasteiger partial charge in [-0.1, -0.05) is 11.3 Å². The van der Waals surface area contributed by atoms with Gasteiger partial charge in [-0.25, -0.2) is 4.98 Å². The minimum Gasteiger partial charge on any atom is -0.461 e. The van der Waals surface area contributed by atoms with E-state index < -0.39 is 10.9 Å². The van der Waals surface area contributed by atoms with E-state index in [4.69, 9.17) is 4.74 Å². The van der Waals surface area contributed by atoms with Gasteiger partial charge in [0.25, 0.3) is 5.56 Å². The third kappa shape index (κ3) is 3.65. The number of carbonyl (C=O) groups is 1. The molecule has 0 aromatic carbocycles. The fourth-order valence-corrected chi connectivity index (χ4v) is 4.11. The summed E-state index contributed by atoms with van der Waals surface area (Å²) >= 11 is 2.46. The molecule has 0 saturated heterocycles. The van der Waals surface area contributed by atoms with E-state index in [1.807, 2.05) is 13.8 Å². The molecular weight excluding hydrogens is 378 g/mol. The van der Waals surface area contributed by atoms with Crippen LogP contribution < -0.4 is 5.56 Å². The minimum absolute atomic E-state index is 0.00315. The summed E-state index contributed by atoms with van der Waals surface area (Å²) in [6.45, 7) is 3.96. The van der Waals surface area contributed by atoms with E-state index in [1.54, 1.807) is 5.38 Å². The number of nitrogens with zero attached hydrogens (tertiary/aromatic N) is 3. The monoisotopic (exact) mass is 393 g/mol. The van der Waals surface area contributed by atoms with Crippen LogP contribution >= 0.6 is 22.7 Å². The van der Waals surface area contributed by atoms with Gasteiger partial charge in [-0.2, -0.15) is 0 Å². The van der Waals surface area contributed by atoms with Crippen LogP contribution in [0, 0.1) is 24.0 Å². The van der Waals surface area contributed by atoms with Gasteiger partial charge < -0.3 is 4.74 Å². The molecule has 0 amide bonds. The Morgan fingerprint density at radius 3 is 2.88 bits per heavy atom. The van der Waals surface area contributed by atoms with E-state index in [9.17, 15) is 19.7 Å². The first-order valence-corrected chi connectivity index (χ1v) is 9.39. The van der Waals surface area contributed by atoms with Gasteiger partial charge in [0.1, 0.15) is 11.4 Å². The highest BCUT2D eigenvalue weighted by Gasteiger charge is 2.14. The summed E-state index contributed by atoms with van der Waals surface area (Å²) in [6, 6.07) is 1.38. The summed E-state index contributed by atoms with van der Waals surface area (Å²) in [5.41, 5.74) is 1.32. The van der Waals surface area contributed by atoms with E-state index in [-0.39, 0.29) is 30.1 Å². The van der Waals surface area contributed by atoms with Gasteiger partial charge in [0.05, 0.1) is 23.1 Å². The number of aromatic nitrogens is 2. The molecule has 0 spiro atoms. The lowest BCUT2D eigenvalue weighted by Gasteiger charge is -2.06. The summed E-state index contributed by atoms with van der Waals surface area (Å²) in [4.78, 5) is 40.6. The van der Waals surface area contributed by atoms with Gasteiger partial charge in [0.2, 0.25) is 0 Å². The van der Waals surface area contributed by atoms with Crippen LogP contribution in [0.5, 0.6) is 0 Å². The number of aryl methyl sites for hydroxylation is 3. The number of esters is 1. The van der Waals surface area contributed by atoms with Gasteiger partial charge >= 0.3 is 11.0 Å². The Bertz CT molecular complexity index is 1050. The number of hydrogen-bond donors (Lipinski definition) is 0. The van der Waals surface area contributed by atoms with Crippen molar-refractivity contribution >= 4 is 43.9 Å². The number of rotatable bonds is 6. The zero-order valence-electron chi connectivity index (χ0n) is 14.1. The molecule has 0 aliphatic carbocycles. The van der Waals surface area contributed by atoms with Gasteiger partial charge in [0.15, 0.2) is 0 Å². The molecule has 26 heavy (non-hydrogen) atoms. The Morgan fingerprint density at radius 2 is 2.19 bits per heavy atom. The molecule has 8 nitrogen and oxygen atoms in total. The normalized spacial score (nSPS) is 11.0. The second-order valence-electron chi connectivity index (χ2n) is 5.67. The number of nitro groups is 1. The van der Waals surface area contributed by atoms with Crippen LogP contribution in [0.3, 0.4) is 0 Å². The van der Waals surface area contributed by atoms with E-state index in [2.05, 4.69) is 4.98 Å². The van der Waals surface area contributed by atoms with Crippen molar-refractivity contribution in [3.63, 3.8) is 0 Å². The molecule has 3 aromatic heterocycles. The average molecular weight is 393 g/mol. The number of carbonyl (C=O) groups excluding carboxylic acids is 1. The number of thiophene rings is 2. The molecule has 0 N–H and O–H groups in total. The maximum absolute atomic E-state index is 12.5. The van der Waals surface area contributed by atoms with Crippen LogP contribution in [0.25, 0.3) is 10.2 Å². The fourth-order valence-electron chi connectivity index (χ4n) is 2.41. The quantitative estimate of drug-likeness (QED) is 0.362. The lowest BCUT2D eigenvalue weighted by Crippen LogP contribution is -2.22. The molecule has 0 bridgehead atoms. The maximum atomic E-state index is 12.5. The highest BCUT2D eigenvalue weighted by molar-refractivity contribution is 7.18. The summed E-state index contributed by atoms with van der Waals surface area (Å²) in [6.07, 6.45) is 1.46. The molecular formula is C16H15N3O5S2. The van der Waals surface area contributed by atoms with Crippen LogP contribution in [0.2, 0.25) is 0 Å². The molecule has 0 atom stereocenters. The predicted molar refractivity (Wildman–Crippen MR) is 98.7 cm³/mol. The van der Waals surface area contributed by atoms with Crippen molar-refractivity contribution in [3.05, 3.63) is 54.2 Å². The summed E-state index contributed by atoms with van der Waals surface area (Å²) < 4.78 is 6.51. The van der Waals surface area contributed by atoms with Crippen LogP contribution in [0.15, 0.2) is 22.6 Å². The van der Waals surface area contributed by atoms with Gasteiger partial charge in [0, 0.05) is 28.4 Å². The molecule has 0 saturated carbocycles. The molecule has 3 aromatic rings. The Labute approximate surface area is 155 Å². The standard InChI is InChI=1S/C16H15N3O5S2/c1-9-10(2)26-15-14(9)16(21)18(8-17-15)4-3-13(20)24-6-11-5-12(19(22)23)25-7-11/h5,7-8H,3-4,6H2,1-2H3. The van der Waals surface area contributed by atoms with Crippen molar-refractivity contribution in [2.45, 2.75) is 33.4 Å². The molecule has 3 rings (SSSR count). The predicted octanol–water partition coefficient (Wildman–Crippen LogP) is 3.18. The minimum atomic E-state index is -0.486. The Balaban J connectivity index is 1.61. The maximum Gasteiger partial charge on any atom is 0.324 e. The molecule has 0 aliphatic rings. The average Bonchev–Trinajstić information content (AvgIpc) is 3.18. The summed E-state index contributed by atoms with van der Waals surface area (Å²) in [7, 11) is 0. The van der Waals surface area contributed by atoms with Crippen molar-refractivity contribution < 1.29 is 14.5 Å². The lowest BCUT2D eigenvalue weighted by atomic mass is 10.2. The Morgan fingerprint density at radius 1 is 1.42 bits per heavy atom. The lowest BCUT2D eigenvalue weighted by molar-refractivity contribution is -0.380. The fraction of sp³-hybridized carbons (Fsp3) is 0.312. The summed E-state index contributed by atoms with van der Waals surface area (Å²) in [5.74, 6) is -0.482. The zero-order valence-corrected chi connectivity index (χ0v) is 15.7. The molecule has 0 unspecified atom stereocenters. The highest BCUT2D eigenvalue weighted by atomic mass is 32.1. The molecule has 0 aliphatic heterocycles. The van der Waals surface area contributed by atoms with Crippen LogP contribution in [0.1, 0.15) is 22.4 Å². The van der Waals surface area contributed by atoms with E-state index in [1.165, 1.54) is 28.3 Å². The largest absolute Gasteiger partial charge is 0.461 e. The van der Waals surface area contributed by atoms with Crippen LogP contribution in [-0.4, -0.2) is 20.4 Å². The molecule has 3 heterocycles. The van der Waals surface area contributed by atoms with Crippen LogP contribution in [0.4, 0.5) is 5.00 Å². The zero-order chi connectivity index (χ0) is 18.8. The van der Waals surface area contributed by atoms with E-state index >= 15 is 0 Å². The first-order chi connectivity index (χ1) is 12.4. The van der Waals surface area contributed by atoms with Crippen molar-refractivity contribution in [1.29, 1.82) is 0 Å². The molecule has 0 fully saturated rings. The number of fused-ring (bicyclic) bond motifs is 1. The van der Waals surface area contributed by atoms with Crippen molar-refractivity contribution in [3.8, 4) is 0 Å². The first-order valence-electron chi connectivity index (χ1n) is 7.69. The highest BCUT2D eigenvalue weighted by Crippen LogP contribution is 2.25. The number of ether oxygens (including phenoxy) is 1. The van der Waals surface area contributed by atoms with Crippen molar-refractivity contribution in [1.82, 2.24) is 9.55 Å². The van der Waals surface area contributed by atoms with Gasteiger partial charge in [-0.05, 0) is 19.4 Å². The number of hydrogen-bond acceptors (Lipinski definition) is 8. The van der Waals surface area contributed by atoms with E-state index in [0.29, 0.717) is 15.8 Å². The topological polar surface area (TPSA) is 104 Å². The molecule has 0 radical (unpaired) electrons. The van der Waals surface area contributed by atoms with Crippen LogP contribution in [-0.2, 0) is 22.7 Å². The summed E-state index contributed by atoms with van der Waals surface area (Å²) in [5, 5.41) is 12.8.